The van der Waals surface area contributed by atoms with Crippen molar-refractivity contribution in [2.45, 2.75) is 23.2 Å². The molecule has 0 bridgehead atoms. The number of thiophene rings is 1. The van der Waals surface area contributed by atoms with Crippen molar-refractivity contribution in [3.63, 3.8) is 0 Å². The first-order valence-corrected chi connectivity index (χ1v) is 11.7. The molecule has 0 unspecified atom stereocenters. The number of nitrogens with two attached hydrogens (primary N) is 1. The first kappa shape index (κ1) is 21.0. The van der Waals surface area contributed by atoms with E-state index in [0.717, 1.165) is 28.2 Å². The van der Waals surface area contributed by atoms with Crippen LogP contribution >= 0.6 is 27.3 Å². The molecule has 0 aliphatic carbocycles. The summed E-state index contributed by atoms with van der Waals surface area (Å²) in [6.07, 6.45) is 0.487. The molecule has 148 valence electrons. The van der Waals surface area contributed by atoms with Crippen LogP contribution in [-0.4, -0.2) is 20.1 Å². The summed E-state index contributed by atoms with van der Waals surface area (Å²) in [5.74, 6) is 0.378. The smallest absolute Gasteiger partial charge is 0.247 e. The number of aliphatic hydroxyl groups excluding tert-OH is 1. The third-order valence-electron chi connectivity index (χ3n) is 4.27. The molecule has 0 spiro atoms. The molecule has 1 heterocycles. The minimum Gasteiger partial charge on any atom is -0.489 e. The molecule has 8 heteroatoms. The van der Waals surface area contributed by atoms with Crippen LogP contribution in [0, 0.1) is 0 Å². The van der Waals surface area contributed by atoms with Crippen LogP contribution in [0.2, 0.25) is 0 Å². The molecule has 0 aliphatic heterocycles. The first-order chi connectivity index (χ1) is 13.4. The van der Waals surface area contributed by atoms with Crippen molar-refractivity contribution in [1.29, 1.82) is 0 Å². The topological polar surface area (TPSA) is 89.6 Å². The summed E-state index contributed by atoms with van der Waals surface area (Å²) in [5, 5.41) is 15.2. The van der Waals surface area contributed by atoms with Crippen molar-refractivity contribution < 1.29 is 18.3 Å². The standard InChI is InChI=1S/C20H20BrNO4S2/c21-19-11-18(20(27-19)28(22,24)25)16(12-23)10-14-6-8-17(9-7-14)26-13-15-4-2-1-3-5-15/h1-9,11,16,23H,10,12-13H2,(H2,22,24,25)/t16-/m1/s1. The SMILES string of the molecule is NS(=O)(=O)c1sc(Br)cc1[C@@H](CO)Cc1ccc(OCc2ccccc2)cc1. The maximum atomic E-state index is 11.8. The quantitative estimate of drug-likeness (QED) is 0.507. The van der Waals surface area contributed by atoms with E-state index in [0.29, 0.717) is 22.4 Å². The maximum Gasteiger partial charge on any atom is 0.247 e. The second-order valence-electron chi connectivity index (χ2n) is 6.34. The van der Waals surface area contributed by atoms with Gasteiger partial charge in [-0.05, 0) is 57.2 Å². The highest BCUT2D eigenvalue weighted by Gasteiger charge is 2.24. The summed E-state index contributed by atoms with van der Waals surface area (Å²) < 4.78 is 30.2. The van der Waals surface area contributed by atoms with Gasteiger partial charge in [-0.3, -0.25) is 0 Å². The van der Waals surface area contributed by atoms with E-state index >= 15 is 0 Å². The summed E-state index contributed by atoms with van der Waals surface area (Å²) >= 11 is 4.36. The third kappa shape index (κ3) is 5.42. The molecule has 0 saturated heterocycles. The normalized spacial score (nSPS) is 12.7. The summed E-state index contributed by atoms with van der Waals surface area (Å²) in [6, 6.07) is 19.2. The molecule has 2 aromatic carbocycles. The predicted octanol–water partition coefficient (Wildman–Crippen LogP) is 4.06. The Morgan fingerprint density at radius 1 is 1.07 bits per heavy atom. The van der Waals surface area contributed by atoms with Crippen LogP contribution in [0.5, 0.6) is 5.75 Å². The zero-order chi connectivity index (χ0) is 20.1. The van der Waals surface area contributed by atoms with Gasteiger partial charge in [0.25, 0.3) is 0 Å². The number of aliphatic hydroxyl groups is 1. The third-order valence-corrected chi connectivity index (χ3v) is 7.42. The fraction of sp³-hybridized carbons (Fsp3) is 0.200. The second kappa shape index (κ2) is 9.19. The molecule has 28 heavy (non-hydrogen) atoms. The van der Waals surface area contributed by atoms with Crippen molar-refractivity contribution in [3.8, 4) is 5.75 Å². The van der Waals surface area contributed by atoms with Crippen LogP contribution < -0.4 is 9.88 Å². The van der Waals surface area contributed by atoms with Crippen LogP contribution in [0.1, 0.15) is 22.6 Å². The number of benzene rings is 2. The molecule has 3 aromatic rings. The second-order valence-corrected chi connectivity index (χ2v) is 10.5. The fourth-order valence-electron chi connectivity index (χ4n) is 2.89. The molecule has 0 radical (unpaired) electrons. The fourth-order valence-corrected chi connectivity index (χ4v) is 5.93. The largest absolute Gasteiger partial charge is 0.489 e. The number of sulfonamides is 1. The van der Waals surface area contributed by atoms with Gasteiger partial charge in [-0.2, -0.15) is 0 Å². The van der Waals surface area contributed by atoms with Crippen LogP contribution in [0.25, 0.3) is 0 Å². The Hall–Kier alpha value is -1.71. The van der Waals surface area contributed by atoms with Gasteiger partial charge in [0, 0.05) is 5.92 Å². The van der Waals surface area contributed by atoms with Crippen molar-refractivity contribution in [2.24, 2.45) is 5.14 Å². The summed E-state index contributed by atoms with van der Waals surface area (Å²) in [7, 11) is -3.84. The van der Waals surface area contributed by atoms with E-state index in [1.807, 2.05) is 54.6 Å². The molecule has 0 amide bonds. The van der Waals surface area contributed by atoms with Gasteiger partial charge in [0.1, 0.15) is 16.6 Å². The average molecular weight is 482 g/mol. The van der Waals surface area contributed by atoms with E-state index in [1.54, 1.807) is 6.07 Å². The first-order valence-electron chi connectivity index (χ1n) is 8.55. The minimum absolute atomic E-state index is 0.0845. The Kier molecular flexibility index (Phi) is 6.90. The van der Waals surface area contributed by atoms with Crippen LogP contribution in [0.15, 0.2) is 68.7 Å². The number of halogens is 1. The van der Waals surface area contributed by atoms with E-state index in [4.69, 9.17) is 9.88 Å². The van der Waals surface area contributed by atoms with Crippen LogP contribution in [-0.2, 0) is 23.1 Å². The van der Waals surface area contributed by atoms with Crippen molar-refractivity contribution >= 4 is 37.3 Å². The summed E-state index contributed by atoms with van der Waals surface area (Å²) in [5.41, 5.74) is 2.59. The number of hydrogen-bond acceptors (Lipinski definition) is 5. The van der Waals surface area contributed by atoms with Crippen LogP contribution in [0.4, 0.5) is 0 Å². The molecule has 0 fully saturated rings. The summed E-state index contributed by atoms with van der Waals surface area (Å²) in [6.45, 7) is 0.304. The highest BCUT2D eigenvalue weighted by atomic mass is 79.9. The average Bonchev–Trinajstić information content (AvgIpc) is 3.08. The zero-order valence-electron chi connectivity index (χ0n) is 14.9. The predicted molar refractivity (Wildman–Crippen MR) is 114 cm³/mol. The van der Waals surface area contributed by atoms with Gasteiger partial charge in [-0.25, -0.2) is 13.6 Å². The van der Waals surface area contributed by atoms with Gasteiger partial charge < -0.3 is 9.84 Å². The van der Waals surface area contributed by atoms with Gasteiger partial charge in [0.05, 0.1) is 10.4 Å². The Labute approximate surface area is 177 Å². The van der Waals surface area contributed by atoms with E-state index in [-0.39, 0.29) is 16.7 Å². The van der Waals surface area contributed by atoms with Gasteiger partial charge >= 0.3 is 0 Å². The molecule has 5 nitrogen and oxygen atoms in total. The molecule has 3 N–H and O–H groups in total. The Morgan fingerprint density at radius 3 is 2.36 bits per heavy atom. The number of ether oxygens (including phenoxy) is 1. The number of primary sulfonamides is 1. The highest BCUT2D eigenvalue weighted by Crippen LogP contribution is 2.36. The van der Waals surface area contributed by atoms with Gasteiger partial charge in [0.2, 0.25) is 10.0 Å². The molecule has 1 atom stereocenters. The molecular formula is C20H20BrNO4S2. The number of rotatable bonds is 8. The highest BCUT2D eigenvalue weighted by molar-refractivity contribution is 9.11. The minimum atomic E-state index is -3.84. The van der Waals surface area contributed by atoms with Crippen molar-refractivity contribution in [1.82, 2.24) is 0 Å². The Bertz CT molecular complexity index is 1020. The van der Waals surface area contributed by atoms with E-state index < -0.39 is 10.0 Å². The lowest BCUT2D eigenvalue weighted by molar-refractivity contribution is 0.263. The Morgan fingerprint density at radius 2 is 1.75 bits per heavy atom. The molecular weight excluding hydrogens is 462 g/mol. The van der Waals surface area contributed by atoms with Crippen molar-refractivity contribution in [2.75, 3.05) is 6.61 Å². The van der Waals surface area contributed by atoms with E-state index in [2.05, 4.69) is 15.9 Å². The lowest BCUT2D eigenvalue weighted by Crippen LogP contribution is -2.16. The van der Waals surface area contributed by atoms with Gasteiger partial charge in [-0.15, -0.1) is 11.3 Å². The maximum absolute atomic E-state index is 11.8. The van der Waals surface area contributed by atoms with Gasteiger partial charge in [-0.1, -0.05) is 42.5 Å². The lowest BCUT2D eigenvalue weighted by atomic mass is 9.95. The monoisotopic (exact) mass is 481 g/mol. The van der Waals surface area contributed by atoms with E-state index in [1.165, 1.54) is 0 Å². The number of hydrogen-bond donors (Lipinski definition) is 2. The molecule has 3 rings (SSSR count). The van der Waals surface area contributed by atoms with E-state index in [9.17, 15) is 13.5 Å². The molecule has 1 aromatic heterocycles. The van der Waals surface area contributed by atoms with Crippen LogP contribution in [0.3, 0.4) is 0 Å². The molecule has 0 saturated carbocycles. The Balaban J connectivity index is 1.70. The molecule has 0 aliphatic rings. The van der Waals surface area contributed by atoms with Gasteiger partial charge in [0.15, 0.2) is 0 Å². The lowest BCUT2D eigenvalue weighted by Gasteiger charge is -2.15. The summed E-state index contributed by atoms with van der Waals surface area (Å²) in [4.78, 5) is 0. The zero-order valence-corrected chi connectivity index (χ0v) is 18.1. The van der Waals surface area contributed by atoms with Crippen molar-refractivity contribution in [3.05, 3.63) is 81.1 Å².